The zero-order valence-corrected chi connectivity index (χ0v) is 14.5. The van der Waals surface area contributed by atoms with Gasteiger partial charge in [0.15, 0.2) is 0 Å². The molecule has 2 amide bonds. The normalized spacial score (nSPS) is 17.0. The molecule has 5 nitrogen and oxygen atoms in total. The van der Waals surface area contributed by atoms with Crippen molar-refractivity contribution in [3.63, 3.8) is 0 Å². The first-order valence-corrected chi connectivity index (χ1v) is 8.80. The Balaban J connectivity index is 1.72. The smallest absolute Gasteiger partial charge is 0.315 e. The summed E-state index contributed by atoms with van der Waals surface area (Å²) in [5, 5.41) is 16.2. The molecule has 1 aliphatic carbocycles. The van der Waals surface area contributed by atoms with Crippen LogP contribution in [0.15, 0.2) is 48.7 Å². The molecule has 0 aliphatic heterocycles. The third-order valence-electron chi connectivity index (χ3n) is 4.75. The van der Waals surface area contributed by atoms with Crippen LogP contribution in [0.2, 0.25) is 0 Å². The third kappa shape index (κ3) is 4.57. The summed E-state index contributed by atoms with van der Waals surface area (Å²) in [6, 6.07) is 13.1. The minimum Gasteiger partial charge on any atom is -0.388 e. The second kappa shape index (κ2) is 7.66. The third-order valence-corrected chi connectivity index (χ3v) is 4.75. The first-order chi connectivity index (χ1) is 12.1. The molecule has 1 saturated carbocycles. The zero-order chi connectivity index (χ0) is 17.7. The predicted molar refractivity (Wildman–Crippen MR) is 97.2 cm³/mol. The number of hydrogen-bond donors (Lipinski definition) is 3. The number of benzene rings is 1. The monoisotopic (exact) mass is 339 g/mol. The molecule has 1 fully saturated rings. The molecule has 3 N–H and O–H groups in total. The maximum Gasteiger partial charge on any atom is 0.315 e. The average molecular weight is 339 g/mol. The molecular formula is C20H25N3O2. The van der Waals surface area contributed by atoms with Crippen molar-refractivity contribution in [2.45, 2.75) is 44.2 Å². The predicted octanol–water partition coefficient (Wildman–Crippen LogP) is 3.08. The molecule has 0 radical (unpaired) electrons. The number of amides is 2. The summed E-state index contributed by atoms with van der Waals surface area (Å²) in [7, 11) is 0. The van der Waals surface area contributed by atoms with Crippen LogP contribution >= 0.6 is 0 Å². The standard InChI is InChI=1S/C20H25N3O2/c1-15-7-6-8-16(13-15)18(17-9-2-5-12-21-17)23-19(24)22-14-20(25)10-3-4-11-20/h2,5-9,12-13,18,25H,3-4,10-11,14H2,1H3,(H2,22,23,24). The molecule has 3 rings (SSSR count). The number of aromatic nitrogens is 1. The molecule has 0 spiro atoms. The number of urea groups is 1. The van der Waals surface area contributed by atoms with Crippen LogP contribution in [0.3, 0.4) is 0 Å². The van der Waals surface area contributed by atoms with Crippen LogP contribution in [0.5, 0.6) is 0 Å². The molecule has 5 heteroatoms. The molecular weight excluding hydrogens is 314 g/mol. The molecule has 1 unspecified atom stereocenters. The van der Waals surface area contributed by atoms with Crippen molar-refractivity contribution < 1.29 is 9.90 Å². The van der Waals surface area contributed by atoms with E-state index in [9.17, 15) is 9.90 Å². The number of pyridine rings is 1. The Labute approximate surface area is 148 Å². The Morgan fingerprint density at radius 3 is 2.72 bits per heavy atom. The lowest BCUT2D eigenvalue weighted by molar-refractivity contribution is 0.0500. The largest absolute Gasteiger partial charge is 0.388 e. The van der Waals surface area contributed by atoms with Gasteiger partial charge in [0.1, 0.15) is 0 Å². The Hall–Kier alpha value is -2.40. The summed E-state index contributed by atoms with van der Waals surface area (Å²) < 4.78 is 0. The van der Waals surface area contributed by atoms with Crippen LogP contribution in [-0.2, 0) is 0 Å². The van der Waals surface area contributed by atoms with Crippen molar-refractivity contribution in [1.29, 1.82) is 0 Å². The van der Waals surface area contributed by atoms with Crippen LogP contribution in [0.1, 0.15) is 48.5 Å². The van der Waals surface area contributed by atoms with Gasteiger partial charge in [-0.3, -0.25) is 4.98 Å². The molecule has 1 atom stereocenters. The highest BCUT2D eigenvalue weighted by Crippen LogP contribution is 2.28. The van der Waals surface area contributed by atoms with Crippen molar-refractivity contribution >= 4 is 6.03 Å². The second-order valence-electron chi connectivity index (χ2n) is 6.86. The van der Waals surface area contributed by atoms with E-state index < -0.39 is 5.60 Å². The lowest BCUT2D eigenvalue weighted by Gasteiger charge is -2.24. The van der Waals surface area contributed by atoms with Gasteiger partial charge >= 0.3 is 6.03 Å². The van der Waals surface area contributed by atoms with Crippen molar-refractivity contribution in [2.75, 3.05) is 6.54 Å². The molecule has 1 aliphatic rings. The van der Waals surface area contributed by atoms with E-state index in [1.54, 1.807) is 6.20 Å². The summed E-state index contributed by atoms with van der Waals surface area (Å²) in [4.78, 5) is 16.8. The van der Waals surface area contributed by atoms with Crippen LogP contribution in [0, 0.1) is 6.92 Å². The van der Waals surface area contributed by atoms with E-state index in [0.29, 0.717) is 0 Å². The highest BCUT2D eigenvalue weighted by molar-refractivity contribution is 5.75. The van der Waals surface area contributed by atoms with E-state index in [1.807, 2.05) is 49.4 Å². The van der Waals surface area contributed by atoms with Crippen LogP contribution in [0.4, 0.5) is 4.79 Å². The van der Waals surface area contributed by atoms with Crippen molar-refractivity contribution in [3.05, 3.63) is 65.5 Å². The molecule has 2 aromatic rings. The molecule has 1 aromatic carbocycles. The fraction of sp³-hybridized carbons (Fsp3) is 0.400. The van der Waals surface area contributed by atoms with Crippen LogP contribution < -0.4 is 10.6 Å². The van der Waals surface area contributed by atoms with Crippen molar-refractivity contribution in [3.8, 4) is 0 Å². The number of nitrogens with zero attached hydrogens (tertiary/aromatic N) is 1. The molecule has 0 bridgehead atoms. The van der Waals surface area contributed by atoms with E-state index in [-0.39, 0.29) is 18.6 Å². The average Bonchev–Trinajstić information content (AvgIpc) is 3.06. The summed E-state index contributed by atoms with van der Waals surface area (Å²) in [5.74, 6) is 0. The van der Waals surface area contributed by atoms with E-state index >= 15 is 0 Å². The van der Waals surface area contributed by atoms with Crippen LogP contribution in [0.25, 0.3) is 0 Å². The second-order valence-corrected chi connectivity index (χ2v) is 6.86. The van der Waals surface area contributed by atoms with Gasteiger partial charge in [-0.2, -0.15) is 0 Å². The Bertz CT molecular complexity index is 712. The van der Waals surface area contributed by atoms with Gasteiger partial charge in [-0.1, -0.05) is 48.7 Å². The number of aliphatic hydroxyl groups is 1. The van der Waals surface area contributed by atoms with Gasteiger partial charge in [0, 0.05) is 12.7 Å². The molecule has 1 aromatic heterocycles. The zero-order valence-electron chi connectivity index (χ0n) is 14.5. The van der Waals surface area contributed by atoms with Gasteiger partial charge in [0.2, 0.25) is 0 Å². The van der Waals surface area contributed by atoms with Gasteiger partial charge in [-0.05, 0) is 37.5 Å². The van der Waals surface area contributed by atoms with Gasteiger partial charge in [-0.15, -0.1) is 0 Å². The first-order valence-electron chi connectivity index (χ1n) is 8.80. The Kier molecular flexibility index (Phi) is 5.34. The lowest BCUT2D eigenvalue weighted by Crippen LogP contribution is -2.46. The number of carbonyl (C=O) groups excluding carboxylic acids is 1. The fourth-order valence-electron chi connectivity index (χ4n) is 3.36. The summed E-state index contributed by atoms with van der Waals surface area (Å²) in [6.07, 6.45) is 5.24. The fourth-order valence-corrected chi connectivity index (χ4v) is 3.36. The summed E-state index contributed by atoms with van der Waals surface area (Å²) in [6.45, 7) is 2.30. The first kappa shape index (κ1) is 17.4. The Morgan fingerprint density at radius 2 is 2.04 bits per heavy atom. The molecule has 132 valence electrons. The Morgan fingerprint density at radius 1 is 1.24 bits per heavy atom. The van der Waals surface area contributed by atoms with Gasteiger partial charge < -0.3 is 15.7 Å². The quantitative estimate of drug-likeness (QED) is 0.784. The van der Waals surface area contributed by atoms with E-state index in [4.69, 9.17) is 0 Å². The van der Waals surface area contributed by atoms with Gasteiger partial charge in [-0.25, -0.2) is 4.79 Å². The maximum atomic E-state index is 12.4. The van der Waals surface area contributed by atoms with E-state index in [2.05, 4.69) is 15.6 Å². The minimum atomic E-state index is -0.763. The van der Waals surface area contributed by atoms with Crippen molar-refractivity contribution in [1.82, 2.24) is 15.6 Å². The number of rotatable bonds is 5. The molecule has 25 heavy (non-hydrogen) atoms. The maximum absolute atomic E-state index is 12.4. The number of hydrogen-bond acceptors (Lipinski definition) is 3. The van der Waals surface area contributed by atoms with Gasteiger partial charge in [0.05, 0.1) is 17.3 Å². The summed E-state index contributed by atoms with van der Waals surface area (Å²) >= 11 is 0. The lowest BCUT2D eigenvalue weighted by atomic mass is 10.0. The highest BCUT2D eigenvalue weighted by Gasteiger charge is 2.31. The number of carbonyl (C=O) groups is 1. The van der Waals surface area contributed by atoms with E-state index in [0.717, 1.165) is 42.5 Å². The number of aryl methyl sites for hydroxylation is 1. The molecule has 1 heterocycles. The SMILES string of the molecule is Cc1cccc(C(NC(=O)NCC2(O)CCCC2)c2ccccn2)c1. The van der Waals surface area contributed by atoms with Crippen LogP contribution in [-0.4, -0.2) is 28.3 Å². The minimum absolute atomic E-state index is 0.279. The van der Waals surface area contributed by atoms with Gasteiger partial charge in [0.25, 0.3) is 0 Å². The molecule has 0 saturated heterocycles. The topological polar surface area (TPSA) is 74.2 Å². The van der Waals surface area contributed by atoms with E-state index in [1.165, 1.54) is 0 Å². The van der Waals surface area contributed by atoms with Crippen molar-refractivity contribution in [2.24, 2.45) is 0 Å². The summed E-state index contributed by atoms with van der Waals surface area (Å²) in [5.41, 5.74) is 2.12. The highest BCUT2D eigenvalue weighted by atomic mass is 16.3. The number of nitrogens with one attached hydrogen (secondary N) is 2.